The van der Waals surface area contributed by atoms with Gasteiger partial charge in [0.1, 0.15) is 0 Å². The molecule has 312 valence electrons. The Morgan fingerprint density at radius 1 is 0.484 bits per heavy atom. The molecule has 3 aliphatic rings. The summed E-state index contributed by atoms with van der Waals surface area (Å²) < 4.78 is 2.68. The monoisotopic (exact) mass is 844 g/mol. The van der Waals surface area contributed by atoms with Crippen LogP contribution in [-0.2, 0) is 16.2 Å². The van der Waals surface area contributed by atoms with Crippen molar-refractivity contribution in [3.8, 4) is 22.3 Å². The molecule has 8 aromatic carbocycles. The molecule has 0 unspecified atom stereocenters. The average molecular weight is 845 g/mol. The maximum Gasteiger partial charge on any atom is 0.252 e. The smallest absolute Gasteiger partial charge is 0.252 e. The molecule has 0 saturated heterocycles. The first-order valence-corrected chi connectivity index (χ1v) is 23.8. The van der Waals surface area contributed by atoms with Crippen molar-refractivity contribution in [3.63, 3.8) is 0 Å². The Bertz CT molecular complexity index is 3410. The molecule has 1 aliphatic carbocycles. The van der Waals surface area contributed by atoms with E-state index in [4.69, 9.17) is 0 Å². The number of rotatable bonds is 3. The number of fused-ring (bicyclic) bond motifs is 10. The highest BCUT2D eigenvalue weighted by atomic mass is 32.1. The van der Waals surface area contributed by atoms with Crippen LogP contribution in [0.3, 0.4) is 0 Å². The Hall–Kier alpha value is -6.36. The van der Waals surface area contributed by atoms with Gasteiger partial charge in [0.05, 0.1) is 0 Å². The van der Waals surface area contributed by atoms with Crippen molar-refractivity contribution in [1.29, 1.82) is 0 Å². The van der Waals surface area contributed by atoms with Crippen LogP contribution in [0, 0.1) is 6.92 Å². The second-order valence-corrected chi connectivity index (χ2v) is 22.1. The molecule has 9 aromatic rings. The number of hydrogen-bond acceptors (Lipinski definition) is 3. The van der Waals surface area contributed by atoms with Crippen LogP contribution in [0.4, 0.5) is 34.1 Å². The maximum absolute atomic E-state index is 2.60. The third-order valence-electron chi connectivity index (χ3n) is 14.6. The molecule has 64 heavy (non-hydrogen) atoms. The number of hydrogen-bond donors (Lipinski definition) is 0. The summed E-state index contributed by atoms with van der Waals surface area (Å²) in [7, 11) is 0. The molecule has 3 heterocycles. The van der Waals surface area contributed by atoms with E-state index in [9.17, 15) is 0 Å². The fourth-order valence-corrected chi connectivity index (χ4v) is 12.4. The predicted octanol–water partition coefficient (Wildman–Crippen LogP) is 15.0. The van der Waals surface area contributed by atoms with E-state index in [0.29, 0.717) is 0 Å². The summed E-state index contributed by atoms with van der Waals surface area (Å²) >= 11 is 1.90. The number of anilines is 6. The molecule has 0 fully saturated rings. The van der Waals surface area contributed by atoms with Gasteiger partial charge in [-0.15, -0.1) is 11.3 Å². The third kappa shape index (κ3) is 5.71. The molecule has 0 N–H and O–H groups in total. The van der Waals surface area contributed by atoms with Crippen molar-refractivity contribution >= 4 is 88.7 Å². The first-order valence-electron chi connectivity index (χ1n) is 23.0. The Labute approximate surface area is 382 Å². The molecule has 2 nitrogen and oxygen atoms in total. The van der Waals surface area contributed by atoms with Gasteiger partial charge in [-0.05, 0) is 139 Å². The minimum Gasteiger partial charge on any atom is -0.311 e. The highest BCUT2D eigenvalue weighted by molar-refractivity contribution is 7.26. The second kappa shape index (κ2) is 13.6. The fraction of sp³-hybridized carbons (Fsp3) is 0.200. The van der Waals surface area contributed by atoms with Gasteiger partial charge in [0.2, 0.25) is 0 Å². The van der Waals surface area contributed by atoms with Crippen LogP contribution >= 0.6 is 11.3 Å². The molecule has 12 rings (SSSR count). The highest BCUT2D eigenvalue weighted by Crippen LogP contribution is 2.52. The molecular weight excluding hydrogens is 792 g/mol. The lowest BCUT2D eigenvalue weighted by atomic mass is 9.33. The van der Waals surface area contributed by atoms with Gasteiger partial charge < -0.3 is 9.80 Å². The van der Waals surface area contributed by atoms with Crippen LogP contribution in [0.2, 0.25) is 0 Å². The van der Waals surface area contributed by atoms with Gasteiger partial charge in [0.15, 0.2) is 0 Å². The lowest BCUT2D eigenvalue weighted by Crippen LogP contribution is -2.61. The molecule has 0 spiro atoms. The molecule has 4 heteroatoms. The Morgan fingerprint density at radius 3 is 1.72 bits per heavy atom. The van der Waals surface area contributed by atoms with E-state index in [0.717, 1.165) is 0 Å². The summed E-state index contributed by atoms with van der Waals surface area (Å²) in [4.78, 5) is 5.18. The number of nitrogens with zero attached hydrogens (tertiary/aromatic N) is 2. The zero-order valence-electron chi connectivity index (χ0n) is 38.4. The normalized spacial score (nSPS) is 14.7. The summed E-state index contributed by atoms with van der Waals surface area (Å²) in [5, 5.41) is 2.66. The van der Waals surface area contributed by atoms with E-state index in [1.54, 1.807) is 0 Å². The average Bonchev–Trinajstić information content (AvgIpc) is 3.77. The van der Waals surface area contributed by atoms with E-state index in [1.807, 2.05) is 11.3 Å². The second-order valence-electron chi connectivity index (χ2n) is 21.1. The lowest BCUT2D eigenvalue weighted by molar-refractivity contribution is 0.590. The first-order chi connectivity index (χ1) is 30.7. The molecule has 0 atom stereocenters. The number of thiophene rings is 1. The van der Waals surface area contributed by atoms with Crippen molar-refractivity contribution < 1.29 is 0 Å². The van der Waals surface area contributed by atoms with Crippen molar-refractivity contribution in [1.82, 2.24) is 0 Å². The van der Waals surface area contributed by atoms with Gasteiger partial charge in [-0.2, -0.15) is 0 Å². The summed E-state index contributed by atoms with van der Waals surface area (Å²) in [6, 6.07) is 60.8. The molecule has 0 radical (unpaired) electrons. The summed E-state index contributed by atoms with van der Waals surface area (Å²) in [6.45, 7) is 21.1. The molecule has 2 aliphatic heterocycles. The van der Waals surface area contributed by atoms with E-state index in [1.165, 1.54) is 121 Å². The lowest BCUT2D eigenvalue weighted by Gasteiger charge is -2.45. The van der Waals surface area contributed by atoms with E-state index in [2.05, 4.69) is 230 Å². The molecule has 0 bridgehead atoms. The van der Waals surface area contributed by atoms with Crippen LogP contribution < -0.4 is 26.2 Å². The van der Waals surface area contributed by atoms with Crippen molar-refractivity contribution in [2.75, 3.05) is 9.80 Å². The maximum atomic E-state index is 2.60. The minimum absolute atomic E-state index is 0.0160. The van der Waals surface area contributed by atoms with Gasteiger partial charge in [-0.1, -0.05) is 159 Å². The van der Waals surface area contributed by atoms with Crippen LogP contribution in [0.15, 0.2) is 158 Å². The van der Waals surface area contributed by atoms with Gasteiger partial charge in [0.25, 0.3) is 6.71 Å². The van der Waals surface area contributed by atoms with Gasteiger partial charge in [0, 0.05) is 59.7 Å². The van der Waals surface area contributed by atoms with Crippen LogP contribution in [0.5, 0.6) is 0 Å². The first kappa shape index (κ1) is 39.3. The Kier molecular flexibility index (Phi) is 8.33. The van der Waals surface area contributed by atoms with Crippen LogP contribution in [0.25, 0.3) is 42.4 Å². The minimum atomic E-state index is -0.114. The summed E-state index contributed by atoms with van der Waals surface area (Å²) in [5.41, 5.74) is 23.3. The Balaban J connectivity index is 1.09. The highest BCUT2D eigenvalue weighted by Gasteiger charge is 2.45. The van der Waals surface area contributed by atoms with Gasteiger partial charge >= 0.3 is 0 Å². The van der Waals surface area contributed by atoms with Gasteiger partial charge in [-0.3, -0.25) is 0 Å². The number of aryl methyl sites for hydroxylation is 1. The molecule has 1 aromatic heterocycles. The fourth-order valence-electron chi connectivity index (χ4n) is 11.2. The largest absolute Gasteiger partial charge is 0.311 e. The number of benzene rings is 8. The summed E-state index contributed by atoms with van der Waals surface area (Å²) in [6.07, 6.45) is 0. The standard InChI is InChI=1S/C60H53BN2S/c1-36-31-53-56-54(32-36)63(41-27-28-44-43-15-10-12-19-47(43)60(8,9)48(44)35-41)52-34-39(59(5,6)7)24-30-50(52)61(56)49-29-23-38(58(2,3)4)33-51(49)62(53)40-25-21-37(22-26-40)42-17-14-18-46-45-16-11-13-20-55(45)64-57(42)46/h10-35H,1-9H3. The SMILES string of the molecule is Cc1cc2c3c(c1)N(c1ccc4c(c1)C(C)(C)c1ccccc1-4)c1cc(C(C)(C)C)ccc1B3c1ccc(C(C)(C)C)cc1N2c1ccc(-c2cccc3c2sc2ccccc23)cc1. The van der Waals surface area contributed by atoms with Crippen molar-refractivity contribution in [2.45, 2.75) is 78.6 Å². The van der Waals surface area contributed by atoms with Crippen molar-refractivity contribution in [2.24, 2.45) is 0 Å². The van der Waals surface area contributed by atoms with Crippen LogP contribution in [-0.4, -0.2) is 6.71 Å². The van der Waals surface area contributed by atoms with Crippen LogP contribution in [0.1, 0.15) is 83.2 Å². The Morgan fingerprint density at radius 2 is 1.05 bits per heavy atom. The van der Waals surface area contributed by atoms with E-state index >= 15 is 0 Å². The van der Waals surface area contributed by atoms with E-state index < -0.39 is 0 Å². The van der Waals surface area contributed by atoms with Crippen molar-refractivity contribution in [3.05, 3.63) is 186 Å². The zero-order chi connectivity index (χ0) is 44.0. The summed E-state index contributed by atoms with van der Waals surface area (Å²) in [5.74, 6) is 0. The van der Waals surface area contributed by atoms with E-state index in [-0.39, 0.29) is 23.0 Å². The zero-order valence-corrected chi connectivity index (χ0v) is 39.2. The third-order valence-corrected chi connectivity index (χ3v) is 15.8. The quantitative estimate of drug-likeness (QED) is 0.164. The molecular formula is C60H53BN2S. The van der Waals surface area contributed by atoms with Gasteiger partial charge in [-0.25, -0.2) is 0 Å². The molecule has 0 amide bonds. The topological polar surface area (TPSA) is 6.48 Å². The predicted molar refractivity (Wildman–Crippen MR) is 278 cm³/mol. The molecule has 0 saturated carbocycles.